The van der Waals surface area contributed by atoms with Crippen molar-refractivity contribution < 1.29 is 0 Å². The van der Waals surface area contributed by atoms with Gasteiger partial charge in [0.2, 0.25) is 0 Å². The summed E-state index contributed by atoms with van der Waals surface area (Å²) < 4.78 is 0. The molecule has 0 spiro atoms. The molecule has 0 fully saturated rings. The number of aryl methyl sites for hydroxylation is 1. The zero-order valence-electron chi connectivity index (χ0n) is 21.2. The summed E-state index contributed by atoms with van der Waals surface area (Å²) in [4.78, 5) is 15.8. The zero-order valence-corrected chi connectivity index (χ0v) is 21.2. The van der Waals surface area contributed by atoms with E-state index in [4.69, 9.17) is 9.97 Å². The summed E-state index contributed by atoms with van der Waals surface area (Å²) in [5, 5.41) is 0. The standard InChI is InChI=1S/C19H23N3.C10H13N/c1-6-14(3)16-10-8-12-18(20-16)22(5)19-13-9-11-17(21-19)15(4)7-2;1-4-8(2)10-7-5-6-9(3)11-10/h6-13H,1-5H3;4-7H,1-3H3/b14-6+,15-7+;8-4+. The number of hydrogen-bond donors (Lipinski definition) is 0. The molecule has 0 aliphatic heterocycles. The largest absolute Gasteiger partial charge is 0.314 e. The first-order valence-corrected chi connectivity index (χ1v) is 11.3. The molecule has 0 radical (unpaired) electrons. The van der Waals surface area contributed by atoms with Crippen LogP contribution in [-0.2, 0) is 0 Å². The second-order valence-corrected chi connectivity index (χ2v) is 7.90. The van der Waals surface area contributed by atoms with Crippen LogP contribution in [0.3, 0.4) is 0 Å². The van der Waals surface area contributed by atoms with Crippen molar-refractivity contribution in [3.8, 4) is 0 Å². The minimum absolute atomic E-state index is 0.890. The predicted octanol–water partition coefficient (Wildman–Crippen LogP) is 7.90. The van der Waals surface area contributed by atoms with Crippen molar-refractivity contribution in [3.05, 3.63) is 95.6 Å². The number of nitrogens with zero attached hydrogens (tertiary/aromatic N) is 4. The highest BCUT2D eigenvalue weighted by Gasteiger charge is 2.09. The maximum absolute atomic E-state index is 4.72. The average molecular weight is 441 g/mol. The van der Waals surface area contributed by atoms with Crippen molar-refractivity contribution in [2.75, 3.05) is 11.9 Å². The van der Waals surface area contributed by atoms with Crippen LogP contribution in [0, 0.1) is 6.92 Å². The highest BCUT2D eigenvalue weighted by Crippen LogP contribution is 2.23. The molecule has 0 aliphatic rings. The molecule has 33 heavy (non-hydrogen) atoms. The van der Waals surface area contributed by atoms with Crippen LogP contribution in [0.1, 0.15) is 64.3 Å². The van der Waals surface area contributed by atoms with Crippen LogP contribution in [0.5, 0.6) is 0 Å². The highest BCUT2D eigenvalue weighted by atomic mass is 15.2. The number of rotatable bonds is 5. The van der Waals surface area contributed by atoms with E-state index in [0.29, 0.717) is 0 Å². The van der Waals surface area contributed by atoms with E-state index < -0.39 is 0 Å². The van der Waals surface area contributed by atoms with E-state index in [1.54, 1.807) is 0 Å². The Morgan fingerprint density at radius 3 is 1.33 bits per heavy atom. The Morgan fingerprint density at radius 1 is 0.606 bits per heavy atom. The van der Waals surface area contributed by atoms with Crippen molar-refractivity contribution in [3.63, 3.8) is 0 Å². The predicted molar refractivity (Wildman–Crippen MR) is 143 cm³/mol. The summed E-state index contributed by atoms with van der Waals surface area (Å²) in [5.41, 5.74) is 7.70. The molecule has 3 rings (SSSR count). The van der Waals surface area contributed by atoms with Crippen LogP contribution in [0.25, 0.3) is 16.7 Å². The van der Waals surface area contributed by atoms with Gasteiger partial charge in [0.25, 0.3) is 0 Å². The Bertz CT molecular complexity index is 1090. The molecule has 0 saturated heterocycles. The molecular weight excluding hydrogens is 404 g/mol. The summed E-state index contributed by atoms with van der Waals surface area (Å²) >= 11 is 0. The van der Waals surface area contributed by atoms with Crippen LogP contribution in [0.4, 0.5) is 11.6 Å². The van der Waals surface area contributed by atoms with E-state index in [2.05, 4.69) is 44.0 Å². The summed E-state index contributed by atoms with van der Waals surface area (Å²) in [6.45, 7) is 14.3. The lowest BCUT2D eigenvalue weighted by Gasteiger charge is -2.19. The van der Waals surface area contributed by atoms with Crippen LogP contribution >= 0.6 is 0 Å². The normalized spacial score (nSPS) is 12.2. The molecule has 0 unspecified atom stereocenters. The minimum atomic E-state index is 0.890. The fourth-order valence-electron chi connectivity index (χ4n) is 2.98. The Morgan fingerprint density at radius 2 is 0.970 bits per heavy atom. The maximum atomic E-state index is 4.72. The second kappa shape index (κ2) is 12.5. The van der Waals surface area contributed by atoms with Crippen LogP contribution in [0.15, 0.2) is 72.8 Å². The van der Waals surface area contributed by atoms with Gasteiger partial charge in [-0.3, -0.25) is 4.98 Å². The summed E-state index contributed by atoms with van der Waals surface area (Å²) in [5.74, 6) is 1.78. The molecule has 0 saturated carbocycles. The Kier molecular flexibility index (Phi) is 9.74. The smallest absolute Gasteiger partial charge is 0.134 e. The number of allylic oxidation sites excluding steroid dienone is 6. The molecule has 172 valence electrons. The number of aromatic nitrogens is 3. The third-order valence-corrected chi connectivity index (χ3v) is 5.56. The van der Waals surface area contributed by atoms with Crippen LogP contribution < -0.4 is 4.90 Å². The monoisotopic (exact) mass is 440 g/mol. The summed E-state index contributed by atoms with van der Waals surface area (Å²) in [6.07, 6.45) is 6.21. The zero-order chi connectivity index (χ0) is 24.4. The Labute approximate surface area is 199 Å². The Hall–Kier alpha value is -3.53. The maximum Gasteiger partial charge on any atom is 0.134 e. The van der Waals surface area contributed by atoms with Gasteiger partial charge in [0.05, 0.1) is 17.1 Å². The molecular formula is C29H36N4. The first-order valence-electron chi connectivity index (χ1n) is 11.3. The van der Waals surface area contributed by atoms with E-state index in [9.17, 15) is 0 Å². The Balaban J connectivity index is 0.000000294. The van der Waals surface area contributed by atoms with Gasteiger partial charge in [-0.25, -0.2) is 9.97 Å². The second-order valence-electron chi connectivity index (χ2n) is 7.90. The number of pyridine rings is 3. The topological polar surface area (TPSA) is 41.9 Å². The highest BCUT2D eigenvalue weighted by molar-refractivity contribution is 5.66. The van der Waals surface area contributed by atoms with Gasteiger partial charge in [0, 0.05) is 12.7 Å². The third kappa shape index (κ3) is 7.25. The minimum Gasteiger partial charge on any atom is -0.314 e. The first-order chi connectivity index (χ1) is 15.8. The number of hydrogen-bond acceptors (Lipinski definition) is 4. The van der Waals surface area contributed by atoms with E-state index in [0.717, 1.165) is 34.4 Å². The van der Waals surface area contributed by atoms with Crippen LogP contribution in [0.2, 0.25) is 0 Å². The van der Waals surface area contributed by atoms with Gasteiger partial charge < -0.3 is 4.90 Å². The van der Waals surface area contributed by atoms with E-state index in [-0.39, 0.29) is 0 Å². The van der Waals surface area contributed by atoms with Gasteiger partial charge >= 0.3 is 0 Å². The number of anilines is 2. The lowest BCUT2D eigenvalue weighted by molar-refractivity contribution is 1.06. The molecule has 3 aromatic heterocycles. The van der Waals surface area contributed by atoms with Gasteiger partial charge in [-0.05, 0) is 102 Å². The van der Waals surface area contributed by atoms with E-state index in [1.165, 1.54) is 16.7 Å². The lowest BCUT2D eigenvalue weighted by atomic mass is 10.2. The molecule has 0 bridgehead atoms. The summed E-state index contributed by atoms with van der Waals surface area (Å²) in [7, 11) is 1.99. The fraction of sp³-hybridized carbons (Fsp3) is 0.276. The lowest BCUT2D eigenvalue weighted by Crippen LogP contribution is -2.13. The molecule has 3 heterocycles. The molecule has 3 aromatic rings. The van der Waals surface area contributed by atoms with Crippen LogP contribution in [-0.4, -0.2) is 22.0 Å². The van der Waals surface area contributed by atoms with Crippen molar-refractivity contribution in [1.82, 2.24) is 15.0 Å². The van der Waals surface area contributed by atoms with Crippen molar-refractivity contribution in [2.24, 2.45) is 0 Å². The fourth-order valence-corrected chi connectivity index (χ4v) is 2.98. The quantitative estimate of drug-likeness (QED) is 0.404. The van der Waals surface area contributed by atoms with Crippen molar-refractivity contribution >= 4 is 28.4 Å². The SMILES string of the molecule is C/C=C(\C)c1cccc(C)n1.C/C=C(\C)c1cccc(N(C)c2cccc(/C(C)=C/C)n2)n1. The van der Waals surface area contributed by atoms with Crippen molar-refractivity contribution in [2.45, 2.75) is 48.5 Å². The molecule has 0 aliphatic carbocycles. The molecule has 0 N–H and O–H groups in total. The molecule has 4 heteroatoms. The molecule has 0 atom stereocenters. The molecule has 0 aromatic carbocycles. The first kappa shape index (κ1) is 25.7. The molecule has 0 amide bonds. The van der Waals surface area contributed by atoms with Gasteiger partial charge in [-0.2, -0.15) is 0 Å². The van der Waals surface area contributed by atoms with Crippen molar-refractivity contribution in [1.29, 1.82) is 0 Å². The third-order valence-electron chi connectivity index (χ3n) is 5.56. The van der Waals surface area contributed by atoms with Gasteiger partial charge in [-0.1, -0.05) is 36.4 Å². The summed E-state index contributed by atoms with van der Waals surface area (Å²) in [6, 6.07) is 18.2. The van der Waals surface area contributed by atoms with E-state index in [1.807, 2.05) is 94.2 Å². The van der Waals surface area contributed by atoms with Gasteiger partial charge in [-0.15, -0.1) is 0 Å². The molecule has 4 nitrogen and oxygen atoms in total. The van der Waals surface area contributed by atoms with E-state index >= 15 is 0 Å². The van der Waals surface area contributed by atoms with Gasteiger partial charge in [0.15, 0.2) is 0 Å². The average Bonchev–Trinajstić information content (AvgIpc) is 2.87. The van der Waals surface area contributed by atoms with Gasteiger partial charge in [0.1, 0.15) is 11.6 Å².